The predicted octanol–water partition coefficient (Wildman–Crippen LogP) is 2.85. The van der Waals surface area contributed by atoms with Crippen LogP contribution in [0.2, 0.25) is 0 Å². The lowest BCUT2D eigenvalue weighted by Crippen LogP contribution is -2.27. The minimum Gasteiger partial charge on any atom is -0.454 e. The van der Waals surface area contributed by atoms with Crippen molar-refractivity contribution in [3.8, 4) is 11.5 Å². The molecule has 2 heterocycles. The third kappa shape index (κ3) is 1.78. The van der Waals surface area contributed by atoms with E-state index in [-0.39, 0.29) is 0 Å². The van der Waals surface area contributed by atoms with Gasteiger partial charge in [-0.25, -0.2) is 0 Å². The predicted molar refractivity (Wildman–Crippen MR) is 66.6 cm³/mol. The van der Waals surface area contributed by atoms with Crippen molar-refractivity contribution in [1.29, 1.82) is 0 Å². The maximum absolute atomic E-state index is 5.52. The average Bonchev–Trinajstić information content (AvgIpc) is 2.83. The summed E-state index contributed by atoms with van der Waals surface area (Å²) in [6.45, 7) is 5.78. The monoisotopic (exact) mass is 233 g/mol. The molecule has 0 spiro atoms. The summed E-state index contributed by atoms with van der Waals surface area (Å²) in [6.07, 6.45) is 3.82. The van der Waals surface area contributed by atoms with Crippen molar-refractivity contribution >= 4 is 0 Å². The Hall–Kier alpha value is -1.22. The lowest BCUT2D eigenvalue weighted by atomic mass is 9.91. The molecule has 0 bridgehead atoms. The van der Waals surface area contributed by atoms with Crippen molar-refractivity contribution in [1.82, 2.24) is 5.32 Å². The highest BCUT2D eigenvalue weighted by Gasteiger charge is 2.24. The zero-order chi connectivity index (χ0) is 11.8. The average molecular weight is 233 g/mol. The van der Waals surface area contributed by atoms with Crippen LogP contribution in [0, 0.1) is 13.8 Å². The lowest BCUT2D eigenvalue weighted by molar-refractivity contribution is 0.173. The van der Waals surface area contributed by atoms with Crippen LogP contribution in [0.25, 0.3) is 0 Å². The van der Waals surface area contributed by atoms with Gasteiger partial charge in [-0.05, 0) is 56.0 Å². The minimum absolute atomic E-state index is 0.358. The van der Waals surface area contributed by atoms with E-state index in [2.05, 4.69) is 25.2 Å². The molecule has 1 aromatic rings. The lowest BCUT2D eigenvalue weighted by Gasteiger charge is -2.26. The van der Waals surface area contributed by atoms with E-state index in [4.69, 9.17) is 9.47 Å². The molecule has 3 rings (SSSR count). The maximum Gasteiger partial charge on any atom is 0.231 e. The van der Waals surface area contributed by atoms with E-state index in [0.29, 0.717) is 12.8 Å². The molecule has 1 aromatic carbocycles. The molecule has 0 amide bonds. The maximum atomic E-state index is 5.52. The van der Waals surface area contributed by atoms with E-state index in [1.54, 1.807) is 0 Å². The van der Waals surface area contributed by atoms with Crippen LogP contribution in [-0.2, 0) is 0 Å². The molecule has 1 unspecified atom stereocenters. The highest BCUT2D eigenvalue weighted by atomic mass is 16.7. The summed E-state index contributed by atoms with van der Waals surface area (Å²) < 4.78 is 11.0. The van der Waals surface area contributed by atoms with Gasteiger partial charge in [0.15, 0.2) is 11.5 Å². The number of ether oxygens (including phenoxy) is 2. The molecule has 0 saturated carbocycles. The van der Waals surface area contributed by atoms with Crippen molar-refractivity contribution in [3.05, 3.63) is 22.8 Å². The fourth-order valence-corrected chi connectivity index (χ4v) is 2.80. The summed E-state index contributed by atoms with van der Waals surface area (Å²) in [5.74, 6) is 1.84. The largest absolute Gasteiger partial charge is 0.454 e. The Morgan fingerprint density at radius 3 is 2.82 bits per heavy atom. The second-order valence-electron chi connectivity index (χ2n) is 4.95. The number of fused-ring (bicyclic) bond motifs is 1. The van der Waals surface area contributed by atoms with Crippen LogP contribution in [-0.4, -0.2) is 13.3 Å². The summed E-state index contributed by atoms with van der Waals surface area (Å²) >= 11 is 0. The molecule has 3 nitrogen and oxygen atoms in total. The Morgan fingerprint density at radius 2 is 2.06 bits per heavy atom. The van der Waals surface area contributed by atoms with Crippen LogP contribution >= 0.6 is 0 Å². The molecule has 1 N–H and O–H groups in total. The third-order valence-electron chi connectivity index (χ3n) is 3.95. The van der Waals surface area contributed by atoms with Gasteiger partial charge >= 0.3 is 0 Å². The van der Waals surface area contributed by atoms with Gasteiger partial charge in [-0.3, -0.25) is 0 Å². The van der Waals surface area contributed by atoms with E-state index in [9.17, 15) is 0 Å². The highest BCUT2D eigenvalue weighted by molar-refractivity contribution is 5.55. The fraction of sp³-hybridized carbons (Fsp3) is 0.571. The number of rotatable bonds is 1. The molecule has 17 heavy (non-hydrogen) atoms. The van der Waals surface area contributed by atoms with Gasteiger partial charge in [-0.1, -0.05) is 6.42 Å². The van der Waals surface area contributed by atoms with E-state index < -0.39 is 0 Å². The van der Waals surface area contributed by atoms with Crippen LogP contribution in [0.15, 0.2) is 6.07 Å². The molecular formula is C14H19NO2. The van der Waals surface area contributed by atoms with Gasteiger partial charge in [0.05, 0.1) is 0 Å². The van der Waals surface area contributed by atoms with Crippen LogP contribution in [0.5, 0.6) is 11.5 Å². The molecule has 1 saturated heterocycles. The number of nitrogens with one attached hydrogen (secondary N) is 1. The summed E-state index contributed by atoms with van der Waals surface area (Å²) in [7, 11) is 0. The Kier molecular flexibility index (Phi) is 2.71. The standard InChI is InChI=1S/C14H19NO2/c1-9-10(2)14-13(16-8-17-14)7-11(9)12-5-3-4-6-15-12/h7,12,15H,3-6,8H2,1-2H3. The third-order valence-corrected chi connectivity index (χ3v) is 3.95. The van der Waals surface area contributed by atoms with Crippen molar-refractivity contribution in [2.75, 3.05) is 13.3 Å². The quantitative estimate of drug-likeness (QED) is 0.809. The number of piperidine rings is 1. The topological polar surface area (TPSA) is 30.5 Å². The molecule has 0 radical (unpaired) electrons. The van der Waals surface area contributed by atoms with Gasteiger partial charge in [0.25, 0.3) is 0 Å². The molecule has 1 atom stereocenters. The molecular weight excluding hydrogens is 214 g/mol. The van der Waals surface area contributed by atoms with Crippen LogP contribution in [0.4, 0.5) is 0 Å². The zero-order valence-electron chi connectivity index (χ0n) is 10.5. The Labute approximate surface area is 102 Å². The molecule has 2 aliphatic heterocycles. The van der Waals surface area contributed by atoms with Crippen LogP contribution in [0.1, 0.15) is 42.0 Å². The van der Waals surface area contributed by atoms with Gasteiger partial charge in [0.1, 0.15) is 0 Å². The molecule has 0 aromatic heterocycles. The van der Waals surface area contributed by atoms with Crippen molar-refractivity contribution in [2.24, 2.45) is 0 Å². The van der Waals surface area contributed by atoms with E-state index >= 15 is 0 Å². The molecule has 92 valence electrons. The summed E-state index contributed by atoms with van der Waals surface area (Å²) in [6, 6.07) is 2.64. The normalized spacial score (nSPS) is 22.8. The molecule has 3 heteroatoms. The van der Waals surface area contributed by atoms with Gasteiger partial charge in [-0.2, -0.15) is 0 Å². The number of hydrogen-bond donors (Lipinski definition) is 1. The van der Waals surface area contributed by atoms with Gasteiger partial charge < -0.3 is 14.8 Å². The first-order valence-corrected chi connectivity index (χ1v) is 6.40. The summed E-state index contributed by atoms with van der Waals surface area (Å²) in [5, 5.41) is 3.60. The van der Waals surface area contributed by atoms with Crippen molar-refractivity contribution in [2.45, 2.75) is 39.2 Å². The van der Waals surface area contributed by atoms with Crippen molar-refractivity contribution in [3.63, 3.8) is 0 Å². The van der Waals surface area contributed by atoms with Gasteiger partial charge in [-0.15, -0.1) is 0 Å². The van der Waals surface area contributed by atoms with Crippen LogP contribution in [0.3, 0.4) is 0 Å². The Bertz CT molecular complexity index is 436. The second-order valence-corrected chi connectivity index (χ2v) is 4.95. The minimum atomic E-state index is 0.358. The van der Waals surface area contributed by atoms with E-state index in [1.807, 2.05) is 0 Å². The first-order chi connectivity index (χ1) is 8.27. The number of hydrogen-bond acceptors (Lipinski definition) is 3. The van der Waals surface area contributed by atoms with Gasteiger partial charge in [0.2, 0.25) is 6.79 Å². The number of benzene rings is 1. The first kappa shape index (κ1) is 10.9. The van der Waals surface area contributed by atoms with E-state index in [0.717, 1.165) is 18.0 Å². The molecule has 1 fully saturated rings. The smallest absolute Gasteiger partial charge is 0.231 e. The van der Waals surface area contributed by atoms with E-state index in [1.165, 1.54) is 36.0 Å². The molecule has 0 aliphatic carbocycles. The summed E-state index contributed by atoms with van der Waals surface area (Å²) in [4.78, 5) is 0. The summed E-state index contributed by atoms with van der Waals surface area (Å²) in [5.41, 5.74) is 3.95. The van der Waals surface area contributed by atoms with Crippen molar-refractivity contribution < 1.29 is 9.47 Å². The highest BCUT2D eigenvalue weighted by Crippen LogP contribution is 2.41. The van der Waals surface area contributed by atoms with Gasteiger partial charge in [0, 0.05) is 6.04 Å². The first-order valence-electron chi connectivity index (χ1n) is 6.40. The Morgan fingerprint density at radius 1 is 1.18 bits per heavy atom. The fourth-order valence-electron chi connectivity index (χ4n) is 2.80. The Balaban J connectivity index is 2.01. The molecule has 2 aliphatic rings. The second kappa shape index (κ2) is 4.22. The zero-order valence-corrected chi connectivity index (χ0v) is 10.5. The SMILES string of the molecule is Cc1c(C2CCCCN2)cc2c(c1C)OCO2. The van der Waals surface area contributed by atoms with Crippen LogP contribution < -0.4 is 14.8 Å².